The maximum Gasteiger partial charge on any atom is 0.252 e. The topological polar surface area (TPSA) is 84.0 Å². The van der Waals surface area contributed by atoms with E-state index in [1.165, 1.54) is 0 Å². The number of amides is 2. The molecule has 2 aromatic carbocycles. The highest BCUT2D eigenvalue weighted by atomic mass is 32.1. The van der Waals surface area contributed by atoms with Gasteiger partial charge in [-0.2, -0.15) is 8.75 Å². The average molecular weight is 350 g/mol. The van der Waals surface area contributed by atoms with Crippen molar-refractivity contribution in [1.82, 2.24) is 19.4 Å². The Balaban J connectivity index is 1.66. The van der Waals surface area contributed by atoms with Crippen molar-refractivity contribution in [3.63, 3.8) is 0 Å². The molecule has 3 rings (SSSR count). The van der Waals surface area contributed by atoms with Crippen LogP contribution in [0.2, 0.25) is 0 Å². The zero-order valence-electron chi connectivity index (χ0n) is 13.4. The Kier molecular flexibility index (Phi) is 5.02. The van der Waals surface area contributed by atoms with Gasteiger partial charge in [0.1, 0.15) is 11.0 Å². The summed E-state index contributed by atoms with van der Waals surface area (Å²) >= 11 is 1.11. The molecule has 1 aromatic heterocycles. The summed E-state index contributed by atoms with van der Waals surface area (Å²) in [6.07, 6.45) is 0. The zero-order chi connectivity index (χ0) is 17.6. The summed E-state index contributed by atoms with van der Waals surface area (Å²) in [6.45, 7) is 0.175. The van der Waals surface area contributed by atoms with Crippen molar-refractivity contribution >= 4 is 34.6 Å². The molecule has 3 aromatic rings. The minimum absolute atomic E-state index is 0.175. The van der Waals surface area contributed by atoms with Crippen LogP contribution in [0.1, 0.15) is 26.3 Å². The van der Waals surface area contributed by atoms with Crippen LogP contribution in [0.4, 0.5) is 0 Å². The smallest absolute Gasteiger partial charge is 0.252 e. The summed E-state index contributed by atoms with van der Waals surface area (Å²) in [4.78, 5) is 23.9. The van der Waals surface area contributed by atoms with E-state index < -0.39 is 0 Å². The molecule has 0 aliphatic heterocycles. The van der Waals surface area contributed by atoms with Gasteiger partial charge in [-0.1, -0.05) is 24.0 Å². The third-order valence-corrected chi connectivity index (χ3v) is 4.03. The highest BCUT2D eigenvalue weighted by molar-refractivity contribution is 7.00. The van der Waals surface area contributed by atoms with Gasteiger partial charge in [0, 0.05) is 18.2 Å². The number of aromatic nitrogens is 2. The van der Waals surface area contributed by atoms with Crippen LogP contribution in [-0.2, 0) is 0 Å². The summed E-state index contributed by atoms with van der Waals surface area (Å²) < 4.78 is 8.22. The SMILES string of the molecule is CNC(=O)c1ccccc1C#CCNC(=O)c1ccc2nsnc2c1. The minimum Gasteiger partial charge on any atom is -0.355 e. The quantitative estimate of drug-likeness (QED) is 0.706. The Labute approximate surface area is 148 Å². The van der Waals surface area contributed by atoms with E-state index in [9.17, 15) is 9.59 Å². The Morgan fingerprint density at radius 2 is 1.88 bits per heavy atom. The number of carbonyl (C=O) groups is 2. The first-order chi connectivity index (χ1) is 12.2. The standard InChI is InChI=1S/C18H14N4O2S/c1-19-18(24)14-7-3-2-5-12(14)6-4-10-20-17(23)13-8-9-15-16(11-13)22-25-21-15/h2-3,5,7-9,11H,10H2,1H3,(H,19,24)(H,20,23). The van der Waals surface area contributed by atoms with E-state index in [0.29, 0.717) is 22.2 Å². The van der Waals surface area contributed by atoms with Crippen molar-refractivity contribution in [3.8, 4) is 11.8 Å². The van der Waals surface area contributed by atoms with E-state index in [4.69, 9.17) is 0 Å². The first kappa shape index (κ1) is 16.6. The van der Waals surface area contributed by atoms with Crippen molar-refractivity contribution in [2.45, 2.75) is 0 Å². The molecule has 7 heteroatoms. The molecule has 0 radical (unpaired) electrons. The Morgan fingerprint density at radius 3 is 2.72 bits per heavy atom. The van der Waals surface area contributed by atoms with E-state index >= 15 is 0 Å². The first-order valence-corrected chi connectivity index (χ1v) is 8.22. The largest absolute Gasteiger partial charge is 0.355 e. The highest BCUT2D eigenvalue weighted by Gasteiger charge is 2.08. The molecule has 0 spiro atoms. The molecule has 0 bridgehead atoms. The van der Waals surface area contributed by atoms with Gasteiger partial charge >= 0.3 is 0 Å². The molecule has 0 aliphatic carbocycles. The Bertz CT molecular complexity index is 1000. The van der Waals surface area contributed by atoms with Crippen LogP contribution < -0.4 is 10.6 Å². The molecule has 0 unspecified atom stereocenters. The lowest BCUT2D eigenvalue weighted by atomic mass is 10.1. The van der Waals surface area contributed by atoms with Crippen LogP contribution in [0.5, 0.6) is 0 Å². The van der Waals surface area contributed by atoms with Gasteiger partial charge in [-0.05, 0) is 30.3 Å². The third-order valence-electron chi connectivity index (χ3n) is 3.48. The van der Waals surface area contributed by atoms with Crippen molar-refractivity contribution < 1.29 is 9.59 Å². The Morgan fingerprint density at radius 1 is 1.08 bits per heavy atom. The van der Waals surface area contributed by atoms with Gasteiger partial charge in [0.15, 0.2) is 0 Å². The summed E-state index contributed by atoms with van der Waals surface area (Å²) in [5, 5.41) is 5.31. The fourth-order valence-corrected chi connectivity index (χ4v) is 2.73. The molecule has 25 heavy (non-hydrogen) atoms. The maximum atomic E-state index is 12.2. The third kappa shape index (κ3) is 3.82. The van der Waals surface area contributed by atoms with Crippen LogP contribution in [0.15, 0.2) is 42.5 Å². The molecule has 1 heterocycles. The first-order valence-electron chi connectivity index (χ1n) is 7.49. The Hall–Kier alpha value is -3.24. The molecule has 2 N–H and O–H groups in total. The maximum absolute atomic E-state index is 12.2. The average Bonchev–Trinajstić information content (AvgIpc) is 3.12. The van der Waals surface area contributed by atoms with Gasteiger partial charge < -0.3 is 10.6 Å². The van der Waals surface area contributed by atoms with Crippen molar-refractivity contribution in [2.24, 2.45) is 0 Å². The number of hydrogen-bond acceptors (Lipinski definition) is 5. The monoisotopic (exact) mass is 350 g/mol. The van der Waals surface area contributed by atoms with Gasteiger partial charge in [0.2, 0.25) is 0 Å². The molecule has 0 atom stereocenters. The van der Waals surface area contributed by atoms with Crippen molar-refractivity contribution in [2.75, 3.05) is 13.6 Å². The van der Waals surface area contributed by atoms with Gasteiger partial charge in [0.25, 0.3) is 11.8 Å². The van der Waals surface area contributed by atoms with E-state index in [1.54, 1.807) is 43.4 Å². The van der Waals surface area contributed by atoms with Crippen molar-refractivity contribution in [1.29, 1.82) is 0 Å². The van der Waals surface area contributed by atoms with Crippen LogP contribution in [0.3, 0.4) is 0 Å². The normalized spacial score (nSPS) is 9.96. The predicted octanol–water partition coefficient (Wildman–Crippen LogP) is 1.83. The van der Waals surface area contributed by atoms with Gasteiger partial charge in [-0.3, -0.25) is 9.59 Å². The fourth-order valence-electron chi connectivity index (χ4n) is 2.21. The molecule has 124 valence electrons. The second kappa shape index (κ2) is 7.55. The molecular formula is C18H14N4O2S. The fraction of sp³-hybridized carbons (Fsp3) is 0.111. The summed E-state index contributed by atoms with van der Waals surface area (Å²) in [5.41, 5.74) is 3.10. The van der Waals surface area contributed by atoms with E-state index in [-0.39, 0.29) is 18.4 Å². The summed E-state index contributed by atoms with van der Waals surface area (Å²) in [7, 11) is 1.57. The summed E-state index contributed by atoms with van der Waals surface area (Å²) in [6, 6.07) is 12.2. The lowest BCUT2D eigenvalue weighted by Gasteiger charge is -2.02. The molecule has 0 saturated heterocycles. The predicted molar refractivity (Wildman–Crippen MR) is 96.5 cm³/mol. The number of hydrogen-bond donors (Lipinski definition) is 2. The molecule has 0 fully saturated rings. The number of benzene rings is 2. The number of nitrogens with zero attached hydrogens (tertiary/aromatic N) is 2. The van der Waals surface area contributed by atoms with Crippen LogP contribution in [-0.4, -0.2) is 34.2 Å². The summed E-state index contributed by atoms with van der Waals surface area (Å²) in [5.74, 6) is 5.35. The molecule has 2 amide bonds. The lowest BCUT2D eigenvalue weighted by Crippen LogP contribution is -2.23. The van der Waals surface area contributed by atoms with Crippen LogP contribution >= 0.6 is 11.7 Å². The second-order valence-corrected chi connectivity index (χ2v) is 5.61. The number of fused-ring (bicyclic) bond motifs is 1. The molecular weight excluding hydrogens is 336 g/mol. The van der Waals surface area contributed by atoms with Gasteiger partial charge in [-0.15, -0.1) is 0 Å². The lowest BCUT2D eigenvalue weighted by molar-refractivity contribution is 0.0952. The van der Waals surface area contributed by atoms with Crippen LogP contribution in [0.25, 0.3) is 11.0 Å². The molecule has 0 saturated carbocycles. The molecule has 6 nitrogen and oxygen atoms in total. The van der Waals surface area contributed by atoms with E-state index in [0.717, 1.165) is 17.2 Å². The molecule has 0 aliphatic rings. The second-order valence-electron chi connectivity index (χ2n) is 5.08. The number of rotatable bonds is 3. The van der Waals surface area contributed by atoms with Crippen LogP contribution in [0, 0.1) is 11.8 Å². The van der Waals surface area contributed by atoms with Crippen molar-refractivity contribution in [3.05, 3.63) is 59.2 Å². The van der Waals surface area contributed by atoms with E-state index in [2.05, 4.69) is 31.2 Å². The van der Waals surface area contributed by atoms with E-state index in [1.807, 2.05) is 6.07 Å². The number of nitrogens with one attached hydrogen (secondary N) is 2. The zero-order valence-corrected chi connectivity index (χ0v) is 14.2. The van der Waals surface area contributed by atoms with Gasteiger partial charge in [-0.25, -0.2) is 0 Å². The minimum atomic E-state index is -0.233. The number of carbonyl (C=O) groups excluding carboxylic acids is 2. The van der Waals surface area contributed by atoms with Gasteiger partial charge in [0.05, 0.1) is 23.8 Å². The highest BCUT2D eigenvalue weighted by Crippen LogP contribution is 2.13.